The molecule has 4 atom stereocenters. The average Bonchev–Trinajstić information content (AvgIpc) is 3.48. The molecule has 2 heterocycles. The zero-order valence-corrected chi connectivity index (χ0v) is 23.7. The van der Waals surface area contributed by atoms with E-state index in [4.69, 9.17) is 9.47 Å². The smallest absolute Gasteiger partial charge is 0.408 e. The van der Waals surface area contributed by atoms with Gasteiger partial charge >= 0.3 is 12.1 Å². The molecule has 0 aliphatic carbocycles. The molecule has 0 aromatic heterocycles. The SMILES string of the molecule is O=C(CC1CC=CCC(NC(=O)OCc2ccccc2)C(=O)OCC2CCCN2C1=O)NC(CO)Cc1ccccc1. The van der Waals surface area contributed by atoms with E-state index in [1.165, 1.54) is 0 Å². The monoisotopic (exact) mass is 577 g/mol. The Morgan fingerprint density at radius 1 is 1.00 bits per heavy atom. The normalized spacial score (nSPS) is 21.7. The van der Waals surface area contributed by atoms with E-state index in [1.807, 2.05) is 60.7 Å². The van der Waals surface area contributed by atoms with Gasteiger partial charge in [0.15, 0.2) is 0 Å². The Bertz CT molecular complexity index is 1220. The molecule has 4 unspecified atom stereocenters. The number of ether oxygens (including phenoxy) is 2. The molecule has 1 saturated heterocycles. The second-order valence-corrected chi connectivity index (χ2v) is 10.7. The van der Waals surface area contributed by atoms with E-state index in [9.17, 15) is 24.3 Å². The number of carbonyl (C=O) groups excluding carboxylic acids is 4. The van der Waals surface area contributed by atoms with Gasteiger partial charge < -0.3 is 30.1 Å². The summed E-state index contributed by atoms with van der Waals surface area (Å²) in [5.41, 5.74) is 1.81. The number of aliphatic hydroxyl groups excluding tert-OH is 1. The van der Waals surface area contributed by atoms with Gasteiger partial charge in [-0.05, 0) is 43.2 Å². The van der Waals surface area contributed by atoms with Crippen LogP contribution in [0.25, 0.3) is 0 Å². The molecule has 0 spiro atoms. The summed E-state index contributed by atoms with van der Waals surface area (Å²) in [5, 5.41) is 15.3. The fourth-order valence-corrected chi connectivity index (χ4v) is 5.27. The van der Waals surface area contributed by atoms with Crippen LogP contribution in [0.3, 0.4) is 0 Å². The van der Waals surface area contributed by atoms with E-state index in [1.54, 1.807) is 17.1 Å². The second kappa shape index (κ2) is 15.7. The van der Waals surface area contributed by atoms with Gasteiger partial charge in [-0.25, -0.2) is 9.59 Å². The summed E-state index contributed by atoms with van der Waals surface area (Å²) in [6, 6.07) is 17.1. The number of benzene rings is 2. The number of hydrogen-bond donors (Lipinski definition) is 3. The van der Waals surface area contributed by atoms with Crippen LogP contribution in [0.5, 0.6) is 0 Å². The number of aliphatic hydroxyl groups is 1. The highest BCUT2D eigenvalue weighted by atomic mass is 16.6. The summed E-state index contributed by atoms with van der Waals surface area (Å²) in [6.07, 6.45) is 5.04. The first-order valence-corrected chi connectivity index (χ1v) is 14.5. The van der Waals surface area contributed by atoms with Gasteiger partial charge in [0, 0.05) is 13.0 Å². The maximum atomic E-state index is 13.6. The standard InChI is InChI=1S/C32H39N3O7/c36-20-26(18-23-10-3-1-4-11-23)33-29(37)19-25-14-7-8-16-28(34-32(40)42-21-24-12-5-2-6-13-24)31(39)41-22-27-15-9-17-35(27)30(25)38/h1-8,10-13,25-28,36H,9,14-22H2,(H,33,37)(H,34,40). The maximum Gasteiger partial charge on any atom is 0.408 e. The average molecular weight is 578 g/mol. The number of amides is 3. The Balaban J connectivity index is 1.39. The minimum atomic E-state index is -0.959. The summed E-state index contributed by atoms with van der Waals surface area (Å²) in [4.78, 5) is 53.6. The molecule has 42 heavy (non-hydrogen) atoms. The van der Waals surface area contributed by atoms with Gasteiger partial charge in [-0.3, -0.25) is 9.59 Å². The van der Waals surface area contributed by atoms with Crippen LogP contribution < -0.4 is 10.6 Å². The molecular weight excluding hydrogens is 538 g/mol. The molecule has 10 nitrogen and oxygen atoms in total. The fraction of sp³-hybridized carbons (Fsp3) is 0.438. The van der Waals surface area contributed by atoms with Crippen LogP contribution in [0.1, 0.15) is 43.2 Å². The van der Waals surface area contributed by atoms with Crippen molar-refractivity contribution in [3.05, 3.63) is 83.9 Å². The van der Waals surface area contributed by atoms with Crippen molar-refractivity contribution in [1.82, 2.24) is 15.5 Å². The van der Waals surface area contributed by atoms with Crippen molar-refractivity contribution in [2.45, 2.75) is 63.3 Å². The minimum absolute atomic E-state index is 0.00804. The molecule has 0 radical (unpaired) electrons. The Labute approximate surface area is 246 Å². The third-order valence-electron chi connectivity index (χ3n) is 7.52. The number of nitrogens with zero attached hydrogens (tertiary/aromatic N) is 1. The minimum Gasteiger partial charge on any atom is -0.462 e. The third kappa shape index (κ3) is 9.17. The summed E-state index contributed by atoms with van der Waals surface area (Å²) in [7, 11) is 0. The van der Waals surface area contributed by atoms with Gasteiger partial charge in [-0.2, -0.15) is 0 Å². The number of carbonyl (C=O) groups is 4. The number of hydrogen-bond acceptors (Lipinski definition) is 7. The van der Waals surface area contributed by atoms with Gasteiger partial charge in [0.2, 0.25) is 11.8 Å². The van der Waals surface area contributed by atoms with Crippen molar-refractivity contribution in [2.24, 2.45) is 5.92 Å². The van der Waals surface area contributed by atoms with Crippen LogP contribution in [-0.2, 0) is 36.9 Å². The van der Waals surface area contributed by atoms with E-state index in [0.717, 1.165) is 17.5 Å². The Morgan fingerprint density at radius 2 is 1.69 bits per heavy atom. The molecule has 2 aliphatic heterocycles. The van der Waals surface area contributed by atoms with Crippen LogP contribution in [0, 0.1) is 5.92 Å². The van der Waals surface area contributed by atoms with Crippen molar-refractivity contribution in [1.29, 1.82) is 0 Å². The number of alkyl carbamates (subject to hydrolysis) is 1. The number of allylic oxidation sites excluding steroid dienone is 1. The largest absolute Gasteiger partial charge is 0.462 e. The number of rotatable bonds is 9. The Morgan fingerprint density at radius 3 is 2.40 bits per heavy atom. The topological polar surface area (TPSA) is 134 Å². The van der Waals surface area contributed by atoms with E-state index >= 15 is 0 Å². The lowest BCUT2D eigenvalue weighted by Crippen LogP contribution is -2.46. The maximum absolute atomic E-state index is 13.6. The van der Waals surface area contributed by atoms with Crippen LogP contribution in [0.4, 0.5) is 4.79 Å². The molecule has 3 N–H and O–H groups in total. The molecular formula is C32H39N3O7. The molecule has 2 aromatic carbocycles. The zero-order valence-electron chi connectivity index (χ0n) is 23.7. The molecule has 2 aromatic rings. The van der Waals surface area contributed by atoms with Crippen molar-refractivity contribution in [3.8, 4) is 0 Å². The van der Waals surface area contributed by atoms with Crippen LogP contribution in [-0.4, -0.2) is 71.8 Å². The Hall–Kier alpha value is -4.18. The van der Waals surface area contributed by atoms with E-state index in [2.05, 4.69) is 10.6 Å². The molecule has 224 valence electrons. The predicted molar refractivity (Wildman–Crippen MR) is 155 cm³/mol. The molecule has 4 rings (SSSR count). The Kier molecular flexibility index (Phi) is 11.5. The first-order chi connectivity index (χ1) is 20.4. The predicted octanol–water partition coefficient (Wildman–Crippen LogP) is 2.89. The fourth-order valence-electron chi connectivity index (χ4n) is 5.27. The second-order valence-electron chi connectivity index (χ2n) is 10.7. The number of fused-ring (bicyclic) bond motifs is 1. The van der Waals surface area contributed by atoms with Gasteiger partial charge in [0.05, 0.1) is 24.6 Å². The molecule has 2 aliphatic rings. The molecule has 0 bridgehead atoms. The van der Waals surface area contributed by atoms with Gasteiger partial charge in [-0.1, -0.05) is 72.8 Å². The van der Waals surface area contributed by atoms with Crippen molar-refractivity contribution in [2.75, 3.05) is 19.8 Å². The van der Waals surface area contributed by atoms with Gasteiger partial charge in [0.25, 0.3) is 0 Å². The highest BCUT2D eigenvalue weighted by Gasteiger charge is 2.35. The zero-order chi connectivity index (χ0) is 29.7. The van der Waals surface area contributed by atoms with Crippen molar-refractivity contribution >= 4 is 23.9 Å². The third-order valence-corrected chi connectivity index (χ3v) is 7.52. The summed E-state index contributed by atoms with van der Waals surface area (Å²) < 4.78 is 10.8. The quantitative estimate of drug-likeness (QED) is 0.308. The van der Waals surface area contributed by atoms with E-state index in [-0.39, 0.29) is 56.9 Å². The van der Waals surface area contributed by atoms with E-state index in [0.29, 0.717) is 19.4 Å². The van der Waals surface area contributed by atoms with Crippen molar-refractivity contribution < 1.29 is 33.8 Å². The van der Waals surface area contributed by atoms with Crippen LogP contribution in [0.15, 0.2) is 72.8 Å². The van der Waals surface area contributed by atoms with Crippen LogP contribution in [0.2, 0.25) is 0 Å². The lowest BCUT2D eigenvalue weighted by atomic mass is 9.97. The molecule has 0 saturated carbocycles. The van der Waals surface area contributed by atoms with Gasteiger partial charge in [-0.15, -0.1) is 0 Å². The molecule has 1 fully saturated rings. The summed E-state index contributed by atoms with van der Waals surface area (Å²) in [6.45, 7) is 0.369. The number of nitrogens with one attached hydrogen (secondary N) is 2. The molecule has 3 amide bonds. The first-order valence-electron chi connectivity index (χ1n) is 14.5. The highest BCUT2D eigenvalue weighted by Crippen LogP contribution is 2.24. The number of cyclic esters (lactones) is 1. The van der Waals surface area contributed by atoms with Crippen LogP contribution >= 0.6 is 0 Å². The summed E-state index contributed by atoms with van der Waals surface area (Å²) >= 11 is 0. The van der Waals surface area contributed by atoms with Gasteiger partial charge in [0.1, 0.15) is 19.3 Å². The lowest BCUT2D eigenvalue weighted by Gasteiger charge is -2.29. The summed E-state index contributed by atoms with van der Waals surface area (Å²) in [5.74, 6) is -1.68. The highest BCUT2D eigenvalue weighted by molar-refractivity contribution is 5.86. The van der Waals surface area contributed by atoms with E-state index < -0.39 is 30.1 Å². The first kappa shape index (κ1) is 30.8. The van der Waals surface area contributed by atoms with Crippen molar-refractivity contribution in [3.63, 3.8) is 0 Å². The number of esters is 1. The molecule has 10 heteroatoms. The lowest BCUT2D eigenvalue weighted by molar-refractivity contribution is -0.150.